The van der Waals surface area contributed by atoms with E-state index in [0.29, 0.717) is 0 Å². The average molecular weight is 403 g/mol. The van der Waals surface area contributed by atoms with Crippen molar-refractivity contribution < 1.29 is 19.1 Å². The summed E-state index contributed by atoms with van der Waals surface area (Å²) in [6.45, 7) is 3.19. The second-order valence-corrected chi connectivity index (χ2v) is 6.11. The average Bonchev–Trinajstić information content (AvgIpc) is 2.44. The number of pyridine rings is 1. The zero-order valence-corrected chi connectivity index (χ0v) is 14.8. The van der Waals surface area contributed by atoms with E-state index in [1.54, 1.807) is 13.8 Å². The molecule has 1 aromatic rings. The third kappa shape index (κ3) is 4.84. The van der Waals surface area contributed by atoms with Gasteiger partial charge in [-0.25, -0.2) is 14.6 Å². The van der Waals surface area contributed by atoms with Crippen LogP contribution in [0.25, 0.3) is 0 Å². The number of nitrogens with two attached hydrogens (primary N) is 1. The van der Waals surface area contributed by atoms with Gasteiger partial charge in [-0.15, -0.1) is 0 Å². The van der Waals surface area contributed by atoms with E-state index in [2.05, 4.69) is 4.98 Å². The van der Waals surface area contributed by atoms with Crippen LogP contribution in [0.4, 0.5) is 4.79 Å². The second-order valence-electron chi connectivity index (χ2n) is 4.62. The van der Waals surface area contributed by atoms with Crippen LogP contribution in [0.2, 0.25) is 20.2 Å². The zero-order chi connectivity index (χ0) is 17.9. The van der Waals surface area contributed by atoms with E-state index in [4.69, 9.17) is 56.9 Å². The molecule has 3 N–H and O–H groups in total. The van der Waals surface area contributed by atoms with Crippen LogP contribution in [-0.4, -0.2) is 29.0 Å². The topological polar surface area (TPSA) is 111 Å². The number of nitrogens with one attached hydrogen (secondary N) is 1. The van der Waals surface area contributed by atoms with Crippen molar-refractivity contribution >= 4 is 64.3 Å². The van der Waals surface area contributed by atoms with Gasteiger partial charge in [-0.1, -0.05) is 60.3 Å². The highest BCUT2D eigenvalue weighted by Gasteiger charge is 2.30. The standard InChI is InChI=1S/C12H11Cl4N3O4/c1-3(2)8(10(20)19-12(17)22)23-11(21)7-5(14)4(13)6(15)9(16)18-7/h3,8H,1-2H3,(H3,17,19,20,22)/t8-/m0/s1. The maximum atomic E-state index is 12.2. The van der Waals surface area contributed by atoms with Gasteiger partial charge in [0, 0.05) is 0 Å². The minimum Gasteiger partial charge on any atom is -0.447 e. The Kier molecular flexibility index (Phi) is 6.88. The number of aromatic nitrogens is 1. The number of hydrogen-bond acceptors (Lipinski definition) is 5. The molecule has 0 spiro atoms. The molecule has 0 bridgehead atoms. The molecule has 7 nitrogen and oxygen atoms in total. The van der Waals surface area contributed by atoms with E-state index >= 15 is 0 Å². The van der Waals surface area contributed by atoms with Crippen molar-refractivity contribution in [1.82, 2.24) is 10.3 Å². The molecule has 0 aliphatic rings. The number of carbonyl (C=O) groups is 3. The Hall–Kier alpha value is -1.28. The van der Waals surface area contributed by atoms with E-state index in [9.17, 15) is 14.4 Å². The Balaban J connectivity index is 3.10. The van der Waals surface area contributed by atoms with Crippen molar-refractivity contribution in [2.45, 2.75) is 20.0 Å². The van der Waals surface area contributed by atoms with Gasteiger partial charge in [0.1, 0.15) is 5.15 Å². The molecule has 0 radical (unpaired) electrons. The summed E-state index contributed by atoms with van der Waals surface area (Å²) < 4.78 is 5.03. The third-order valence-electron chi connectivity index (χ3n) is 2.52. The maximum Gasteiger partial charge on any atom is 0.359 e. The summed E-state index contributed by atoms with van der Waals surface area (Å²) in [6.07, 6.45) is -1.30. The van der Waals surface area contributed by atoms with Crippen LogP contribution >= 0.6 is 46.4 Å². The molecule has 126 valence electrons. The van der Waals surface area contributed by atoms with E-state index in [1.165, 1.54) is 0 Å². The van der Waals surface area contributed by atoms with Gasteiger partial charge < -0.3 is 10.5 Å². The Morgan fingerprint density at radius 1 is 1.09 bits per heavy atom. The number of primary amides is 1. The van der Waals surface area contributed by atoms with Gasteiger partial charge in [-0.3, -0.25) is 10.1 Å². The van der Waals surface area contributed by atoms with Crippen molar-refractivity contribution in [3.8, 4) is 0 Å². The molecule has 0 saturated carbocycles. The van der Waals surface area contributed by atoms with Crippen molar-refractivity contribution in [1.29, 1.82) is 0 Å². The summed E-state index contributed by atoms with van der Waals surface area (Å²) in [5, 5.41) is 0.994. The number of imide groups is 1. The summed E-state index contributed by atoms with van der Waals surface area (Å²) in [4.78, 5) is 38.4. The number of urea groups is 1. The normalized spacial score (nSPS) is 12.0. The molecule has 0 saturated heterocycles. The predicted molar refractivity (Wildman–Crippen MR) is 86.0 cm³/mol. The molecule has 0 fully saturated rings. The molecule has 0 aromatic carbocycles. The molecule has 1 rings (SSSR count). The molecule has 3 amide bonds. The highest BCUT2D eigenvalue weighted by Crippen LogP contribution is 2.36. The van der Waals surface area contributed by atoms with Crippen molar-refractivity contribution in [3.63, 3.8) is 0 Å². The largest absolute Gasteiger partial charge is 0.447 e. The first-order valence-electron chi connectivity index (χ1n) is 6.07. The molecule has 1 atom stereocenters. The zero-order valence-electron chi connectivity index (χ0n) is 11.8. The number of carbonyl (C=O) groups excluding carboxylic acids is 3. The number of halogens is 4. The van der Waals surface area contributed by atoms with Crippen LogP contribution in [0.15, 0.2) is 0 Å². The van der Waals surface area contributed by atoms with Crippen LogP contribution < -0.4 is 11.1 Å². The van der Waals surface area contributed by atoms with Gasteiger partial charge in [-0.2, -0.15) is 0 Å². The number of esters is 1. The lowest BCUT2D eigenvalue weighted by atomic mass is 10.1. The molecule has 23 heavy (non-hydrogen) atoms. The molecule has 0 unspecified atom stereocenters. The van der Waals surface area contributed by atoms with E-state index in [1.807, 2.05) is 5.32 Å². The first-order chi connectivity index (χ1) is 10.6. The van der Waals surface area contributed by atoms with Crippen LogP contribution in [0, 0.1) is 5.92 Å². The summed E-state index contributed by atoms with van der Waals surface area (Å²) in [5.41, 5.74) is 4.45. The molecule has 1 aromatic heterocycles. The minimum absolute atomic E-state index is 0.123. The first-order valence-corrected chi connectivity index (χ1v) is 7.58. The van der Waals surface area contributed by atoms with Crippen LogP contribution in [0.1, 0.15) is 24.3 Å². The van der Waals surface area contributed by atoms with E-state index < -0.39 is 35.6 Å². The van der Waals surface area contributed by atoms with Gasteiger partial charge in [-0.05, 0) is 5.92 Å². The van der Waals surface area contributed by atoms with Crippen molar-refractivity contribution in [2.24, 2.45) is 11.7 Å². The van der Waals surface area contributed by atoms with E-state index in [0.717, 1.165) is 0 Å². The fraction of sp³-hybridized carbons (Fsp3) is 0.333. The lowest BCUT2D eigenvalue weighted by Gasteiger charge is -2.20. The Morgan fingerprint density at radius 3 is 2.13 bits per heavy atom. The quantitative estimate of drug-likeness (QED) is 0.593. The Bertz CT molecular complexity index is 666. The van der Waals surface area contributed by atoms with Gasteiger partial charge in [0.15, 0.2) is 11.8 Å². The second kappa shape index (κ2) is 8.01. The van der Waals surface area contributed by atoms with Crippen LogP contribution in [0.3, 0.4) is 0 Å². The smallest absolute Gasteiger partial charge is 0.359 e. The summed E-state index contributed by atoms with van der Waals surface area (Å²) in [6, 6.07) is -1.08. The molecule has 0 aliphatic heterocycles. The summed E-state index contributed by atoms with van der Waals surface area (Å²) in [7, 11) is 0. The summed E-state index contributed by atoms with van der Waals surface area (Å²) >= 11 is 23.2. The van der Waals surface area contributed by atoms with Gasteiger partial charge in [0.05, 0.1) is 15.1 Å². The van der Waals surface area contributed by atoms with Crippen LogP contribution in [0.5, 0.6) is 0 Å². The number of rotatable bonds is 4. The van der Waals surface area contributed by atoms with Crippen molar-refractivity contribution in [3.05, 3.63) is 25.9 Å². The molecular weight excluding hydrogens is 392 g/mol. The predicted octanol–water partition coefficient (Wildman–Crippen LogP) is 3.07. The van der Waals surface area contributed by atoms with E-state index in [-0.39, 0.29) is 20.2 Å². The maximum absolute atomic E-state index is 12.2. The lowest BCUT2D eigenvalue weighted by molar-refractivity contribution is -0.130. The molecule has 11 heteroatoms. The lowest BCUT2D eigenvalue weighted by Crippen LogP contribution is -2.45. The molecule has 0 aliphatic carbocycles. The highest BCUT2D eigenvalue weighted by atomic mass is 35.5. The number of hydrogen-bond donors (Lipinski definition) is 2. The van der Waals surface area contributed by atoms with Crippen LogP contribution in [-0.2, 0) is 9.53 Å². The monoisotopic (exact) mass is 401 g/mol. The SMILES string of the molecule is CC(C)[C@H](OC(=O)c1nc(Cl)c(Cl)c(Cl)c1Cl)C(=O)NC(N)=O. The van der Waals surface area contributed by atoms with Gasteiger partial charge in [0.25, 0.3) is 5.91 Å². The number of ether oxygens (including phenoxy) is 1. The van der Waals surface area contributed by atoms with Crippen molar-refractivity contribution in [2.75, 3.05) is 0 Å². The molecular formula is C12H11Cl4N3O4. The van der Waals surface area contributed by atoms with Gasteiger partial charge in [0.2, 0.25) is 0 Å². The summed E-state index contributed by atoms with van der Waals surface area (Å²) in [5.74, 6) is -2.41. The Labute approximate surface area is 151 Å². The minimum atomic E-state index is -1.30. The fourth-order valence-electron chi connectivity index (χ4n) is 1.48. The fourth-order valence-corrected chi connectivity index (χ4v) is 2.28. The third-order valence-corrected chi connectivity index (χ3v) is 4.20. The van der Waals surface area contributed by atoms with Gasteiger partial charge >= 0.3 is 12.0 Å². The molecule has 1 heterocycles. The number of nitrogens with zero attached hydrogens (tertiary/aromatic N) is 1. The highest BCUT2D eigenvalue weighted by molar-refractivity contribution is 6.52. The Morgan fingerprint density at radius 2 is 1.65 bits per heavy atom. The number of amides is 3. The first kappa shape index (κ1) is 19.8.